The molecule has 1 aliphatic carbocycles. The number of esters is 1. The monoisotopic (exact) mass is 273 g/mol. The summed E-state index contributed by atoms with van der Waals surface area (Å²) in [7, 11) is 0. The van der Waals surface area contributed by atoms with E-state index in [-0.39, 0.29) is 22.4 Å². The van der Waals surface area contributed by atoms with Gasteiger partial charge in [-0.15, -0.1) is 0 Å². The number of hydrogen-bond acceptors (Lipinski definition) is 3. The van der Waals surface area contributed by atoms with Gasteiger partial charge in [-0.05, 0) is 37.8 Å². The first-order chi connectivity index (χ1) is 8.09. The summed E-state index contributed by atoms with van der Waals surface area (Å²) in [6.45, 7) is 0. The summed E-state index contributed by atoms with van der Waals surface area (Å²) >= 11 is 11.8. The van der Waals surface area contributed by atoms with Crippen molar-refractivity contribution in [3.8, 4) is 0 Å². The number of benzene rings is 1. The number of rotatable bonds is 2. The SMILES string of the molecule is Nc1c(Cl)ccc(Cl)c1C(=O)OC1CCCC1. The first-order valence-electron chi connectivity index (χ1n) is 5.54. The maximum absolute atomic E-state index is 11.9. The molecule has 0 bridgehead atoms. The molecule has 0 saturated heterocycles. The summed E-state index contributed by atoms with van der Waals surface area (Å²) in [6.07, 6.45) is 3.98. The van der Waals surface area contributed by atoms with Crippen molar-refractivity contribution in [3.05, 3.63) is 27.7 Å². The third kappa shape index (κ3) is 2.67. The van der Waals surface area contributed by atoms with Crippen molar-refractivity contribution in [2.24, 2.45) is 0 Å². The second kappa shape index (κ2) is 5.15. The van der Waals surface area contributed by atoms with Gasteiger partial charge in [-0.2, -0.15) is 0 Å². The lowest BCUT2D eigenvalue weighted by molar-refractivity contribution is 0.0319. The molecule has 1 aromatic rings. The highest BCUT2D eigenvalue weighted by Gasteiger charge is 2.23. The van der Waals surface area contributed by atoms with Crippen LogP contribution in [0.3, 0.4) is 0 Å². The Morgan fingerprint density at radius 1 is 1.24 bits per heavy atom. The standard InChI is InChI=1S/C12H13Cl2NO2/c13-8-5-6-9(14)11(15)10(8)12(16)17-7-3-1-2-4-7/h5-7H,1-4,15H2. The van der Waals surface area contributed by atoms with E-state index in [4.69, 9.17) is 33.7 Å². The lowest BCUT2D eigenvalue weighted by Crippen LogP contribution is -2.16. The largest absolute Gasteiger partial charge is 0.459 e. The molecule has 0 unspecified atom stereocenters. The van der Waals surface area contributed by atoms with Gasteiger partial charge >= 0.3 is 5.97 Å². The molecule has 17 heavy (non-hydrogen) atoms. The van der Waals surface area contributed by atoms with E-state index in [0.717, 1.165) is 25.7 Å². The van der Waals surface area contributed by atoms with Crippen LogP contribution in [0.2, 0.25) is 10.0 Å². The Morgan fingerprint density at radius 2 is 1.82 bits per heavy atom. The molecule has 5 heteroatoms. The average Bonchev–Trinajstić information content (AvgIpc) is 2.77. The Balaban J connectivity index is 2.21. The van der Waals surface area contributed by atoms with Crippen molar-refractivity contribution in [1.82, 2.24) is 0 Å². The van der Waals surface area contributed by atoms with E-state index >= 15 is 0 Å². The van der Waals surface area contributed by atoms with Gasteiger partial charge in [0.15, 0.2) is 0 Å². The van der Waals surface area contributed by atoms with Crippen molar-refractivity contribution < 1.29 is 9.53 Å². The Kier molecular flexibility index (Phi) is 3.79. The molecule has 0 aromatic heterocycles. The molecular weight excluding hydrogens is 261 g/mol. The lowest BCUT2D eigenvalue weighted by atomic mass is 10.2. The van der Waals surface area contributed by atoms with Crippen LogP contribution in [-0.4, -0.2) is 12.1 Å². The molecule has 0 aliphatic heterocycles. The average molecular weight is 274 g/mol. The summed E-state index contributed by atoms with van der Waals surface area (Å²) in [5, 5.41) is 0.586. The highest BCUT2D eigenvalue weighted by Crippen LogP contribution is 2.31. The quantitative estimate of drug-likeness (QED) is 0.661. The zero-order chi connectivity index (χ0) is 12.4. The highest BCUT2D eigenvalue weighted by atomic mass is 35.5. The minimum atomic E-state index is -0.484. The van der Waals surface area contributed by atoms with Crippen LogP contribution in [0.5, 0.6) is 0 Å². The number of halogens is 2. The number of carbonyl (C=O) groups excluding carboxylic acids is 1. The van der Waals surface area contributed by atoms with Gasteiger partial charge in [0, 0.05) is 0 Å². The van der Waals surface area contributed by atoms with Crippen LogP contribution >= 0.6 is 23.2 Å². The molecule has 2 N–H and O–H groups in total. The zero-order valence-electron chi connectivity index (χ0n) is 9.21. The third-order valence-corrected chi connectivity index (χ3v) is 3.57. The molecule has 2 rings (SSSR count). The number of nitrogens with two attached hydrogens (primary N) is 1. The highest BCUT2D eigenvalue weighted by molar-refractivity contribution is 6.38. The van der Waals surface area contributed by atoms with Crippen molar-refractivity contribution in [2.75, 3.05) is 5.73 Å². The van der Waals surface area contributed by atoms with E-state index in [1.54, 1.807) is 12.1 Å². The molecule has 0 atom stereocenters. The number of ether oxygens (including phenoxy) is 1. The summed E-state index contributed by atoms with van der Waals surface area (Å²) in [6, 6.07) is 3.11. The van der Waals surface area contributed by atoms with Gasteiger partial charge in [-0.3, -0.25) is 0 Å². The number of carbonyl (C=O) groups is 1. The van der Waals surface area contributed by atoms with Crippen LogP contribution in [0.1, 0.15) is 36.0 Å². The van der Waals surface area contributed by atoms with Gasteiger partial charge in [0.25, 0.3) is 0 Å². The Bertz CT molecular complexity index is 442. The molecule has 0 spiro atoms. The lowest BCUT2D eigenvalue weighted by Gasteiger charge is -2.14. The van der Waals surface area contributed by atoms with Gasteiger partial charge < -0.3 is 10.5 Å². The van der Waals surface area contributed by atoms with E-state index in [2.05, 4.69) is 0 Å². The summed E-state index contributed by atoms with van der Waals surface area (Å²) < 4.78 is 5.35. The fourth-order valence-corrected chi connectivity index (χ4v) is 2.39. The molecule has 0 heterocycles. The smallest absolute Gasteiger partial charge is 0.342 e. The van der Waals surface area contributed by atoms with Crippen LogP contribution in [0.4, 0.5) is 5.69 Å². The topological polar surface area (TPSA) is 52.3 Å². The number of nitrogen functional groups attached to an aromatic ring is 1. The van der Waals surface area contributed by atoms with Crippen LogP contribution in [0, 0.1) is 0 Å². The molecular formula is C12H13Cl2NO2. The fourth-order valence-electron chi connectivity index (χ4n) is 1.99. The molecule has 0 amide bonds. The maximum Gasteiger partial charge on any atom is 0.342 e. The maximum atomic E-state index is 11.9. The van der Waals surface area contributed by atoms with Gasteiger partial charge in [-0.1, -0.05) is 23.2 Å². The number of anilines is 1. The van der Waals surface area contributed by atoms with Crippen LogP contribution in [-0.2, 0) is 4.74 Å². The molecule has 92 valence electrons. The summed E-state index contributed by atoms with van der Waals surface area (Å²) in [4.78, 5) is 11.9. The second-order valence-corrected chi connectivity index (χ2v) is 4.94. The van der Waals surface area contributed by atoms with E-state index in [0.29, 0.717) is 5.02 Å². The van der Waals surface area contributed by atoms with Crippen molar-refractivity contribution >= 4 is 34.9 Å². The molecule has 1 aliphatic rings. The van der Waals surface area contributed by atoms with E-state index < -0.39 is 5.97 Å². The molecule has 3 nitrogen and oxygen atoms in total. The Hall–Kier alpha value is -0.930. The van der Waals surface area contributed by atoms with Gasteiger partial charge in [0.1, 0.15) is 11.7 Å². The first-order valence-corrected chi connectivity index (χ1v) is 6.29. The van der Waals surface area contributed by atoms with Crippen LogP contribution in [0.15, 0.2) is 12.1 Å². The second-order valence-electron chi connectivity index (χ2n) is 4.13. The van der Waals surface area contributed by atoms with Crippen LogP contribution in [0.25, 0.3) is 0 Å². The van der Waals surface area contributed by atoms with Crippen molar-refractivity contribution in [3.63, 3.8) is 0 Å². The Labute approximate surface area is 110 Å². The summed E-state index contributed by atoms with van der Waals surface area (Å²) in [5.41, 5.74) is 6.10. The van der Waals surface area contributed by atoms with Crippen molar-refractivity contribution in [2.45, 2.75) is 31.8 Å². The Morgan fingerprint density at radius 3 is 2.47 bits per heavy atom. The van der Waals surface area contributed by atoms with E-state index in [9.17, 15) is 4.79 Å². The number of hydrogen-bond donors (Lipinski definition) is 1. The fraction of sp³-hybridized carbons (Fsp3) is 0.417. The van der Waals surface area contributed by atoms with Crippen molar-refractivity contribution in [1.29, 1.82) is 0 Å². The minimum absolute atomic E-state index is 0.0167. The van der Waals surface area contributed by atoms with Gasteiger partial charge in [0.2, 0.25) is 0 Å². The molecule has 0 radical (unpaired) electrons. The van der Waals surface area contributed by atoms with Crippen LogP contribution < -0.4 is 5.73 Å². The van der Waals surface area contributed by atoms with Gasteiger partial charge in [0.05, 0.1) is 15.7 Å². The first kappa shape index (κ1) is 12.5. The van der Waals surface area contributed by atoms with Gasteiger partial charge in [-0.25, -0.2) is 4.79 Å². The van der Waals surface area contributed by atoms with E-state index in [1.165, 1.54) is 0 Å². The third-order valence-electron chi connectivity index (χ3n) is 2.92. The van der Waals surface area contributed by atoms with E-state index in [1.807, 2.05) is 0 Å². The summed E-state index contributed by atoms with van der Waals surface area (Å²) in [5.74, 6) is -0.484. The normalized spacial score (nSPS) is 16.1. The molecule has 1 saturated carbocycles. The zero-order valence-corrected chi connectivity index (χ0v) is 10.7. The predicted octanol–water partition coefficient (Wildman–Crippen LogP) is 3.68. The minimum Gasteiger partial charge on any atom is -0.459 e. The molecule has 1 fully saturated rings. The molecule has 1 aromatic carbocycles. The predicted molar refractivity (Wildman–Crippen MR) is 68.5 cm³/mol.